The first-order valence-corrected chi connectivity index (χ1v) is 12.9. The van der Waals surface area contributed by atoms with Crippen LogP contribution in [-0.2, 0) is 10.0 Å². The number of benzene rings is 2. The molecule has 9 heteroatoms. The SMILES string of the molecule is Cc1nc(N2CCN(S(=O)(=O)c3ccc(C#N)cc3)CC2)c2c(-c3ccccc3)csc2n1. The molecule has 166 valence electrons. The Bertz CT molecular complexity index is 1450. The Morgan fingerprint density at radius 3 is 2.33 bits per heavy atom. The minimum Gasteiger partial charge on any atom is -0.353 e. The number of nitriles is 1. The molecule has 3 heterocycles. The molecular weight excluding hydrogens is 454 g/mol. The van der Waals surface area contributed by atoms with Crippen LogP contribution in [-0.4, -0.2) is 48.9 Å². The van der Waals surface area contributed by atoms with Gasteiger partial charge in [0.25, 0.3) is 0 Å². The highest BCUT2D eigenvalue weighted by Gasteiger charge is 2.30. The number of aromatic nitrogens is 2. The molecule has 0 N–H and O–H groups in total. The number of rotatable bonds is 4. The van der Waals surface area contributed by atoms with Gasteiger partial charge in [-0.3, -0.25) is 0 Å². The lowest BCUT2D eigenvalue weighted by Crippen LogP contribution is -2.49. The van der Waals surface area contributed by atoms with E-state index in [-0.39, 0.29) is 4.90 Å². The summed E-state index contributed by atoms with van der Waals surface area (Å²) in [6, 6.07) is 18.2. The van der Waals surface area contributed by atoms with E-state index in [9.17, 15) is 8.42 Å². The molecule has 2 aromatic heterocycles. The Morgan fingerprint density at radius 2 is 1.67 bits per heavy atom. The Balaban J connectivity index is 1.44. The minimum atomic E-state index is -3.62. The fourth-order valence-electron chi connectivity index (χ4n) is 4.08. The molecule has 0 atom stereocenters. The van der Waals surface area contributed by atoms with E-state index in [2.05, 4.69) is 27.4 Å². The Morgan fingerprint density at radius 1 is 0.970 bits per heavy atom. The summed E-state index contributed by atoms with van der Waals surface area (Å²) < 4.78 is 27.7. The van der Waals surface area contributed by atoms with Crippen molar-refractivity contribution in [3.63, 3.8) is 0 Å². The summed E-state index contributed by atoms with van der Waals surface area (Å²) >= 11 is 1.60. The maximum Gasteiger partial charge on any atom is 0.243 e. The van der Waals surface area contributed by atoms with E-state index in [1.807, 2.05) is 31.2 Å². The van der Waals surface area contributed by atoms with Crippen LogP contribution >= 0.6 is 11.3 Å². The van der Waals surface area contributed by atoms with Crippen LogP contribution in [0, 0.1) is 18.3 Å². The van der Waals surface area contributed by atoms with Gasteiger partial charge < -0.3 is 4.90 Å². The average molecular weight is 476 g/mol. The summed E-state index contributed by atoms with van der Waals surface area (Å²) in [6.07, 6.45) is 0. The Hall–Kier alpha value is -3.32. The van der Waals surface area contributed by atoms with Crippen LogP contribution in [0.1, 0.15) is 11.4 Å². The van der Waals surface area contributed by atoms with Crippen molar-refractivity contribution in [2.45, 2.75) is 11.8 Å². The molecule has 0 amide bonds. The predicted octanol–water partition coefficient (Wildman–Crippen LogP) is 4.05. The Kier molecular flexibility index (Phi) is 5.58. The zero-order valence-corrected chi connectivity index (χ0v) is 19.6. The molecule has 7 nitrogen and oxygen atoms in total. The van der Waals surface area contributed by atoms with E-state index in [0.29, 0.717) is 37.6 Å². The summed E-state index contributed by atoms with van der Waals surface area (Å²) in [5.41, 5.74) is 2.64. The second kappa shape index (κ2) is 8.56. The molecule has 33 heavy (non-hydrogen) atoms. The van der Waals surface area contributed by atoms with E-state index in [1.165, 1.54) is 28.6 Å². The van der Waals surface area contributed by atoms with Crippen molar-refractivity contribution < 1.29 is 8.42 Å². The predicted molar refractivity (Wildman–Crippen MR) is 130 cm³/mol. The molecule has 0 saturated carbocycles. The minimum absolute atomic E-state index is 0.208. The largest absolute Gasteiger partial charge is 0.353 e. The average Bonchev–Trinajstić information content (AvgIpc) is 3.28. The first-order chi connectivity index (χ1) is 16.0. The topological polar surface area (TPSA) is 90.2 Å². The van der Waals surface area contributed by atoms with E-state index in [4.69, 9.17) is 10.2 Å². The third-order valence-corrected chi connectivity index (χ3v) is 8.56. The van der Waals surface area contributed by atoms with Crippen molar-refractivity contribution in [1.29, 1.82) is 5.26 Å². The van der Waals surface area contributed by atoms with Crippen LogP contribution in [0.25, 0.3) is 21.3 Å². The molecule has 4 aromatic rings. The van der Waals surface area contributed by atoms with Gasteiger partial charge in [-0.05, 0) is 36.8 Å². The first kappa shape index (κ1) is 21.5. The van der Waals surface area contributed by atoms with Gasteiger partial charge in [0.1, 0.15) is 16.5 Å². The molecule has 0 unspecified atom stereocenters. The molecule has 0 aliphatic carbocycles. The van der Waals surface area contributed by atoms with Crippen LogP contribution in [0.4, 0.5) is 5.82 Å². The van der Waals surface area contributed by atoms with Crippen molar-refractivity contribution in [3.8, 4) is 17.2 Å². The van der Waals surface area contributed by atoms with E-state index < -0.39 is 10.0 Å². The lowest BCUT2D eigenvalue weighted by atomic mass is 10.1. The third kappa shape index (κ3) is 3.97. The molecule has 1 aliphatic heterocycles. The molecule has 0 spiro atoms. The van der Waals surface area contributed by atoms with Gasteiger partial charge >= 0.3 is 0 Å². The molecule has 0 bridgehead atoms. The molecule has 5 rings (SSSR count). The van der Waals surface area contributed by atoms with Gasteiger partial charge in [-0.25, -0.2) is 18.4 Å². The number of fused-ring (bicyclic) bond motifs is 1. The van der Waals surface area contributed by atoms with Crippen molar-refractivity contribution >= 4 is 37.4 Å². The van der Waals surface area contributed by atoms with Crippen LogP contribution in [0.3, 0.4) is 0 Å². The number of hydrogen-bond acceptors (Lipinski definition) is 7. The van der Waals surface area contributed by atoms with Crippen LogP contribution in [0.15, 0.2) is 64.9 Å². The first-order valence-electron chi connectivity index (χ1n) is 10.5. The summed E-state index contributed by atoms with van der Waals surface area (Å²) in [7, 11) is -3.62. The number of aryl methyl sites for hydroxylation is 1. The van der Waals surface area contributed by atoms with Crippen LogP contribution in [0.5, 0.6) is 0 Å². The van der Waals surface area contributed by atoms with Gasteiger partial charge in [-0.1, -0.05) is 30.3 Å². The van der Waals surface area contributed by atoms with Gasteiger partial charge in [0, 0.05) is 37.1 Å². The van der Waals surface area contributed by atoms with E-state index in [1.54, 1.807) is 11.3 Å². The summed E-state index contributed by atoms with van der Waals surface area (Å²) in [5, 5.41) is 12.1. The van der Waals surface area contributed by atoms with Crippen molar-refractivity contribution in [2.24, 2.45) is 0 Å². The number of hydrogen-bond donors (Lipinski definition) is 0. The maximum atomic E-state index is 13.1. The lowest BCUT2D eigenvalue weighted by molar-refractivity contribution is 0.384. The number of piperazine rings is 1. The fraction of sp³-hybridized carbons (Fsp3) is 0.208. The van der Waals surface area contributed by atoms with Gasteiger partial charge in [0.2, 0.25) is 10.0 Å². The maximum absolute atomic E-state index is 13.1. The number of anilines is 1. The zero-order valence-electron chi connectivity index (χ0n) is 18.0. The normalized spacial score (nSPS) is 15.0. The van der Waals surface area contributed by atoms with Gasteiger partial charge in [0.15, 0.2) is 0 Å². The zero-order chi connectivity index (χ0) is 23.0. The lowest BCUT2D eigenvalue weighted by Gasteiger charge is -2.35. The molecule has 1 aliphatic rings. The van der Waals surface area contributed by atoms with Gasteiger partial charge in [0.05, 0.1) is 21.9 Å². The molecule has 1 saturated heterocycles. The van der Waals surface area contributed by atoms with E-state index in [0.717, 1.165) is 27.2 Å². The number of thiophene rings is 1. The second-order valence-electron chi connectivity index (χ2n) is 7.82. The highest BCUT2D eigenvalue weighted by atomic mass is 32.2. The van der Waals surface area contributed by atoms with Crippen molar-refractivity contribution in [2.75, 3.05) is 31.1 Å². The summed E-state index contributed by atoms with van der Waals surface area (Å²) in [4.78, 5) is 12.7. The second-order valence-corrected chi connectivity index (χ2v) is 10.6. The fourth-order valence-corrected chi connectivity index (χ4v) is 6.49. The standard InChI is InChI=1S/C24H21N5O2S2/c1-17-26-23(22-21(16-32-24(22)27-17)19-5-3-2-4-6-19)28-11-13-29(14-12-28)33(30,31)20-9-7-18(15-25)8-10-20/h2-10,16H,11-14H2,1H3. The molecular formula is C24H21N5O2S2. The van der Waals surface area contributed by atoms with Gasteiger partial charge in [-0.2, -0.15) is 9.57 Å². The molecule has 1 fully saturated rings. The van der Waals surface area contributed by atoms with E-state index >= 15 is 0 Å². The molecule has 2 aromatic carbocycles. The summed E-state index contributed by atoms with van der Waals surface area (Å²) in [5.74, 6) is 1.56. The van der Waals surface area contributed by atoms with Gasteiger partial charge in [-0.15, -0.1) is 11.3 Å². The number of sulfonamides is 1. The van der Waals surface area contributed by atoms with Crippen LogP contribution < -0.4 is 4.90 Å². The highest BCUT2D eigenvalue weighted by Crippen LogP contribution is 2.38. The smallest absolute Gasteiger partial charge is 0.243 e. The van der Waals surface area contributed by atoms with Crippen molar-refractivity contribution in [3.05, 3.63) is 71.4 Å². The van der Waals surface area contributed by atoms with Crippen molar-refractivity contribution in [1.82, 2.24) is 14.3 Å². The quantitative estimate of drug-likeness (QED) is 0.442. The molecule has 0 radical (unpaired) electrons. The van der Waals surface area contributed by atoms with Crippen LogP contribution in [0.2, 0.25) is 0 Å². The number of nitrogens with zero attached hydrogens (tertiary/aromatic N) is 5. The highest BCUT2D eigenvalue weighted by molar-refractivity contribution is 7.89. The summed E-state index contributed by atoms with van der Waals surface area (Å²) in [6.45, 7) is 3.67. The third-order valence-electron chi connectivity index (χ3n) is 5.77. The monoisotopic (exact) mass is 475 g/mol. The Labute approximate surface area is 196 Å².